The fraction of sp³-hybridized carbons (Fsp3) is 0.320. The predicted molar refractivity (Wildman–Crippen MR) is 131 cm³/mol. The molecule has 1 fully saturated rings. The highest BCUT2D eigenvalue weighted by molar-refractivity contribution is 6.33. The number of hydrogen-bond donors (Lipinski definition) is 3. The third kappa shape index (κ3) is 6.14. The van der Waals surface area contributed by atoms with Crippen LogP contribution < -0.4 is 16.4 Å². The number of ether oxygens (including phenoxy) is 1. The summed E-state index contributed by atoms with van der Waals surface area (Å²) < 4.78 is 18.6. The van der Waals surface area contributed by atoms with Crippen LogP contribution in [0, 0.1) is 11.7 Å². The van der Waals surface area contributed by atoms with E-state index < -0.39 is 6.09 Å². The van der Waals surface area contributed by atoms with Crippen LogP contribution in [0.5, 0.6) is 0 Å². The van der Waals surface area contributed by atoms with Crippen molar-refractivity contribution in [2.45, 2.75) is 44.9 Å². The number of nitrogens with zero attached hydrogens (tertiary/aromatic N) is 2. The monoisotopic (exact) mass is 483 g/mol. The summed E-state index contributed by atoms with van der Waals surface area (Å²) in [6.07, 6.45) is 3.13. The van der Waals surface area contributed by atoms with Crippen molar-refractivity contribution in [3.05, 3.63) is 71.1 Å². The molecule has 9 heteroatoms. The van der Waals surface area contributed by atoms with Gasteiger partial charge in [-0.15, -0.1) is 0 Å². The average Bonchev–Trinajstić information content (AvgIpc) is 2.81. The summed E-state index contributed by atoms with van der Waals surface area (Å²) in [7, 11) is 0. The quantitative estimate of drug-likeness (QED) is 0.403. The van der Waals surface area contributed by atoms with Gasteiger partial charge < -0.3 is 21.1 Å². The van der Waals surface area contributed by atoms with E-state index in [1.54, 1.807) is 12.3 Å². The number of rotatable bonds is 7. The molecule has 3 atom stereocenters. The molecule has 3 aromatic rings. The number of amides is 1. The normalized spacial score (nSPS) is 19.9. The number of anilines is 2. The standard InChI is InChI=1S/C25H27ClFN5O2/c1-15-10-18(8-9-22(15)34-25(28)33)31-24-12-19(20(26)14-30-24)21-6-3-7-23(32-21)29-13-16-4-2-5-17(27)11-16/h2-7,11-12,14-15,18,22H,8-10,13H2,1H3,(H2,28,33)(H,29,32)(H,30,31)/t15-,18-,22-/m0/s1. The molecule has 0 saturated heterocycles. The average molecular weight is 484 g/mol. The Morgan fingerprint density at radius 1 is 1.21 bits per heavy atom. The lowest BCUT2D eigenvalue weighted by atomic mass is 9.84. The Hall–Kier alpha value is -3.39. The molecule has 0 radical (unpaired) electrons. The van der Waals surface area contributed by atoms with E-state index in [0.29, 0.717) is 28.9 Å². The van der Waals surface area contributed by atoms with Crippen LogP contribution in [0.2, 0.25) is 5.02 Å². The maximum atomic E-state index is 13.4. The molecule has 1 aliphatic carbocycles. The summed E-state index contributed by atoms with van der Waals surface area (Å²) >= 11 is 6.45. The number of primary amides is 1. The first-order valence-corrected chi connectivity index (χ1v) is 11.6. The van der Waals surface area contributed by atoms with Gasteiger partial charge in [0, 0.05) is 24.3 Å². The number of aromatic nitrogens is 2. The molecule has 1 aromatic carbocycles. The first kappa shape index (κ1) is 23.8. The summed E-state index contributed by atoms with van der Waals surface area (Å²) in [4.78, 5) is 20.2. The molecule has 7 nitrogen and oxygen atoms in total. The molecule has 34 heavy (non-hydrogen) atoms. The largest absolute Gasteiger partial charge is 0.446 e. The van der Waals surface area contributed by atoms with Crippen molar-refractivity contribution in [1.29, 1.82) is 0 Å². The fourth-order valence-electron chi connectivity index (χ4n) is 4.27. The first-order valence-electron chi connectivity index (χ1n) is 11.2. The lowest BCUT2D eigenvalue weighted by Gasteiger charge is -2.34. The van der Waals surface area contributed by atoms with Gasteiger partial charge in [0.15, 0.2) is 0 Å². The minimum absolute atomic E-state index is 0.156. The Bertz CT molecular complexity index is 1160. The maximum Gasteiger partial charge on any atom is 0.404 e. The molecule has 0 spiro atoms. The van der Waals surface area contributed by atoms with Crippen LogP contribution in [0.15, 0.2) is 54.7 Å². The zero-order valence-corrected chi connectivity index (χ0v) is 19.6. The Kier molecular flexibility index (Phi) is 7.47. The van der Waals surface area contributed by atoms with Crippen LogP contribution in [0.3, 0.4) is 0 Å². The smallest absolute Gasteiger partial charge is 0.404 e. The van der Waals surface area contributed by atoms with E-state index in [-0.39, 0.29) is 23.9 Å². The summed E-state index contributed by atoms with van der Waals surface area (Å²) in [5.41, 5.74) is 7.45. The second kappa shape index (κ2) is 10.7. The van der Waals surface area contributed by atoms with Gasteiger partial charge in [-0.2, -0.15) is 0 Å². The van der Waals surface area contributed by atoms with Crippen LogP contribution >= 0.6 is 11.6 Å². The molecule has 0 aliphatic heterocycles. The molecule has 2 heterocycles. The van der Waals surface area contributed by atoms with Gasteiger partial charge in [-0.3, -0.25) is 0 Å². The van der Waals surface area contributed by atoms with Gasteiger partial charge in [-0.25, -0.2) is 19.2 Å². The molecule has 2 aromatic heterocycles. The highest BCUT2D eigenvalue weighted by Crippen LogP contribution is 2.32. The minimum Gasteiger partial charge on any atom is -0.446 e. The van der Waals surface area contributed by atoms with Crippen LogP contribution in [-0.4, -0.2) is 28.2 Å². The van der Waals surface area contributed by atoms with Gasteiger partial charge >= 0.3 is 6.09 Å². The number of nitrogens with two attached hydrogens (primary N) is 1. The van der Waals surface area contributed by atoms with Crippen molar-refractivity contribution in [1.82, 2.24) is 9.97 Å². The van der Waals surface area contributed by atoms with Crippen molar-refractivity contribution in [2.24, 2.45) is 11.7 Å². The van der Waals surface area contributed by atoms with E-state index in [0.717, 1.165) is 30.4 Å². The summed E-state index contributed by atoms with van der Waals surface area (Å²) in [5.74, 6) is 1.28. The molecule has 0 bridgehead atoms. The molecule has 0 unspecified atom stereocenters. The van der Waals surface area contributed by atoms with Gasteiger partial charge in [0.2, 0.25) is 0 Å². The number of halogens is 2. The minimum atomic E-state index is -0.729. The van der Waals surface area contributed by atoms with Crippen LogP contribution in [-0.2, 0) is 11.3 Å². The second-order valence-electron chi connectivity index (χ2n) is 8.55. The van der Waals surface area contributed by atoms with Crippen molar-refractivity contribution in [2.75, 3.05) is 10.6 Å². The number of benzene rings is 1. The van der Waals surface area contributed by atoms with E-state index >= 15 is 0 Å². The van der Waals surface area contributed by atoms with E-state index in [1.807, 2.05) is 30.3 Å². The summed E-state index contributed by atoms with van der Waals surface area (Å²) in [6, 6.07) is 14.1. The molecular formula is C25H27ClFN5O2. The van der Waals surface area contributed by atoms with Gasteiger partial charge in [0.25, 0.3) is 0 Å². The van der Waals surface area contributed by atoms with Crippen molar-refractivity contribution in [3.63, 3.8) is 0 Å². The third-order valence-corrected chi connectivity index (χ3v) is 6.25. The number of nitrogens with one attached hydrogen (secondary N) is 2. The van der Waals surface area contributed by atoms with Crippen LogP contribution in [0.1, 0.15) is 31.7 Å². The number of carbonyl (C=O) groups excluding carboxylic acids is 1. The van der Waals surface area contributed by atoms with Crippen molar-refractivity contribution in [3.8, 4) is 11.3 Å². The maximum absolute atomic E-state index is 13.4. The zero-order valence-electron chi connectivity index (χ0n) is 18.8. The Morgan fingerprint density at radius 3 is 2.79 bits per heavy atom. The zero-order chi connectivity index (χ0) is 24.1. The van der Waals surface area contributed by atoms with Crippen molar-refractivity contribution >= 4 is 29.3 Å². The lowest BCUT2D eigenvalue weighted by molar-refractivity contribution is 0.0465. The number of hydrogen-bond acceptors (Lipinski definition) is 6. The molecular weight excluding hydrogens is 457 g/mol. The summed E-state index contributed by atoms with van der Waals surface area (Å²) in [6.45, 7) is 2.50. The second-order valence-corrected chi connectivity index (χ2v) is 8.96. The van der Waals surface area contributed by atoms with Crippen molar-refractivity contribution < 1.29 is 13.9 Å². The third-order valence-electron chi connectivity index (χ3n) is 5.95. The highest BCUT2D eigenvalue weighted by atomic mass is 35.5. The Morgan fingerprint density at radius 2 is 2.03 bits per heavy atom. The van der Waals surface area contributed by atoms with E-state index in [2.05, 4.69) is 27.5 Å². The van der Waals surface area contributed by atoms with Gasteiger partial charge in [0.05, 0.1) is 10.7 Å². The van der Waals surface area contributed by atoms with Gasteiger partial charge in [0.1, 0.15) is 23.6 Å². The lowest BCUT2D eigenvalue weighted by Crippen LogP contribution is -2.38. The van der Waals surface area contributed by atoms with E-state index in [4.69, 9.17) is 22.1 Å². The summed E-state index contributed by atoms with van der Waals surface area (Å²) in [5, 5.41) is 7.19. The molecule has 1 saturated carbocycles. The number of carbonyl (C=O) groups is 1. The molecule has 4 rings (SSSR count). The molecule has 1 aliphatic rings. The highest BCUT2D eigenvalue weighted by Gasteiger charge is 2.30. The Labute approximate surface area is 202 Å². The van der Waals surface area contributed by atoms with E-state index in [1.165, 1.54) is 12.1 Å². The van der Waals surface area contributed by atoms with Gasteiger partial charge in [-0.1, -0.05) is 36.7 Å². The topological polar surface area (TPSA) is 102 Å². The first-order chi connectivity index (χ1) is 16.4. The van der Waals surface area contributed by atoms with Crippen LogP contribution in [0.4, 0.5) is 20.8 Å². The predicted octanol–water partition coefficient (Wildman–Crippen LogP) is 5.61. The number of pyridine rings is 2. The Balaban J connectivity index is 1.44. The van der Waals surface area contributed by atoms with E-state index in [9.17, 15) is 9.18 Å². The SMILES string of the molecule is C[C@H]1C[C@@H](Nc2cc(-c3cccc(NCc4cccc(F)c4)n3)c(Cl)cn2)CC[C@@H]1OC(N)=O. The molecule has 4 N–H and O–H groups in total. The fourth-order valence-corrected chi connectivity index (χ4v) is 4.47. The molecule has 1 amide bonds. The van der Waals surface area contributed by atoms with Gasteiger partial charge in [-0.05, 0) is 61.1 Å². The molecule has 178 valence electrons. The van der Waals surface area contributed by atoms with Crippen LogP contribution in [0.25, 0.3) is 11.3 Å².